The largest absolute Gasteiger partial charge is 0.479 e. The van der Waals surface area contributed by atoms with Crippen LogP contribution < -0.4 is 15.4 Å². The third-order valence-corrected chi connectivity index (χ3v) is 5.45. The number of rotatable bonds is 6. The fourth-order valence-electron chi connectivity index (χ4n) is 2.45. The van der Waals surface area contributed by atoms with Crippen LogP contribution in [0.1, 0.15) is 13.3 Å². The number of hydrogen-bond acceptors (Lipinski definition) is 5. The molecule has 130 valence electrons. The Balaban J connectivity index is 2.64. The van der Waals surface area contributed by atoms with Gasteiger partial charge in [0.1, 0.15) is 0 Å². The van der Waals surface area contributed by atoms with Crippen LogP contribution in [0.4, 0.5) is 5.69 Å². The highest BCUT2D eigenvalue weighted by atomic mass is 32.2. The van der Waals surface area contributed by atoms with Crippen molar-refractivity contribution in [1.29, 1.82) is 0 Å². The molecule has 0 aliphatic heterocycles. The number of carbonyl (C=O) groups is 1. The summed E-state index contributed by atoms with van der Waals surface area (Å²) >= 11 is 0. The normalized spacial score (nSPS) is 14.3. The van der Waals surface area contributed by atoms with Crippen LogP contribution >= 0.6 is 0 Å². The van der Waals surface area contributed by atoms with Gasteiger partial charge in [0.15, 0.2) is 5.66 Å². The maximum atomic E-state index is 12.7. The Bertz CT molecular complexity index is 880. The van der Waals surface area contributed by atoms with Gasteiger partial charge in [0.2, 0.25) is 10.0 Å². The van der Waals surface area contributed by atoms with Crippen LogP contribution in [-0.4, -0.2) is 39.3 Å². The molecular formula is C16H21N3O4S. The molecule has 8 heteroatoms. The van der Waals surface area contributed by atoms with E-state index in [4.69, 9.17) is 5.73 Å². The van der Waals surface area contributed by atoms with Gasteiger partial charge >= 0.3 is 5.97 Å². The van der Waals surface area contributed by atoms with Crippen molar-refractivity contribution in [3.8, 4) is 0 Å². The maximum Gasteiger partial charge on any atom is 0.339 e. The second-order valence-electron chi connectivity index (χ2n) is 5.76. The standard InChI is InChI=1S/C16H21N3O4S/c1-4-16(17,15(20)21)18-24(22,23)14-10-6-7-11-12(14)8-5-9-13(11)19(2)3/h5-10,18H,4,17H2,1-3H3,(H,20,21)/t16-/m1/s1. The first-order valence-corrected chi connectivity index (χ1v) is 8.86. The van der Waals surface area contributed by atoms with Crippen LogP contribution in [0.2, 0.25) is 0 Å². The molecule has 1 atom stereocenters. The average Bonchev–Trinajstić information content (AvgIpc) is 2.52. The molecular weight excluding hydrogens is 330 g/mol. The predicted octanol–water partition coefficient (Wildman–Crippen LogP) is 1.33. The Morgan fingerprint density at radius 2 is 1.79 bits per heavy atom. The van der Waals surface area contributed by atoms with Gasteiger partial charge in [-0.2, -0.15) is 4.72 Å². The van der Waals surface area contributed by atoms with Crippen molar-refractivity contribution in [2.24, 2.45) is 5.73 Å². The molecule has 0 aromatic heterocycles. The fourth-order valence-corrected chi connectivity index (χ4v) is 4.00. The summed E-state index contributed by atoms with van der Waals surface area (Å²) in [5.41, 5.74) is 4.49. The van der Waals surface area contributed by atoms with E-state index >= 15 is 0 Å². The van der Waals surface area contributed by atoms with Crippen LogP contribution in [0.25, 0.3) is 10.8 Å². The number of sulfonamides is 1. The third kappa shape index (κ3) is 3.21. The van der Waals surface area contributed by atoms with E-state index in [9.17, 15) is 18.3 Å². The van der Waals surface area contributed by atoms with E-state index in [1.54, 1.807) is 18.2 Å². The molecule has 2 aromatic carbocycles. The highest BCUT2D eigenvalue weighted by Crippen LogP contribution is 2.30. The number of benzene rings is 2. The Morgan fingerprint density at radius 3 is 2.33 bits per heavy atom. The van der Waals surface area contributed by atoms with Gasteiger partial charge in [-0.3, -0.25) is 0 Å². The molecule has 4 N–H and O–H groups in total. The molecule has 0 fully saturated rings. The van der Waals surface area contributed by atoms with Crippen molar-refractivity contribution in [3.05, 3.63) is 36.4 Å². The molecule has 2 aromatic rings. The number of fused-ring (bicyclic) bond motifs is 1. The molecule has 0 unspecified atom stereocenters. The van der Waals surface area contributed by atoms with Crippen LogP contribution in [0.3, 0.4) is 0 Å². The van der Waals surface area contributed by atoms with Crippen molar-refractivity contribution in [2.75, 3.05) is 19.0 Å². The summed E-state index contributed by atoms with van der Waals surface area (Å²) in [5, 5.41) is 10.5. The van der Waals surface area contributed by atoms with Crippen molar-refractivity contribution in [1.82, 2.24) is 4.72 Å². The Labute approximate surface area is 141 Å². The number of nitrogens with one attached hydrogen (secondary N) is 1. The first kappa shape index (κ1) is 18.2. The molecule has 2 rings (SSSR count). The van der Waals surface area contributed by atoms with E-state index in [1.807, 2.05) is 31.1 Å². The molecule has 0 aliphatic carbocycles. The number of carboxylic acids is 1. The summed E-state index contributed by atoms with van der Waals surface area (Å²) in [4.78, 5) is 13.2. The monoisotopic (exact) mass is 351 g/mol. The number of nitrogens with two attached hydrogens (primary N) is 1. The topological polar surface area (TPSA) is 113 Å². The number of aliphatic carboxylic acids is 1. The number of carboxylic acid groups (broad SMARTS) is 1. The molecule has 7 nitrogen and oxygen atoms in total. The van der Waals surface area contributed by atoms with Gasteiger partial charge in [0.25, 0.3) is 0 Å². The fraction of sp³-hybridized carbons (Fsp3) is 0.312. The Hall–Kier alpha value is -2.16. The van der Waals surface area contributed by atoms with E-state index in [-0.39, 0.29) is 11.3 Å². The second kappa shape index (κ2) is 6.39. The minimum Gasteiger partial charge on any atom is -0.479 e. The zero-order valence-corrected chi connectivity index (χ0v) is 14.6. The first-order valence-electron chi connectivity index (χ1n) is 7.37. The van der Waals surface area contributed by atoms with E-state index in [0.29, 0.717) is 5.39 Å². The smallest absolute Gasteiger partial charge is 0.339 e. The molecule has 0 aliphatic rings. The molecule has 0 radical (unpaired) electrons. The number of nitrogens with zero attached hydrogens (tertiary/aromatic N) is 1. The Kier molecular flexibility index (Phi) is 4.84. The van der Waals surface area contributed by atoms with Crippen molar-refractivity contribution in [3.63, 3.8) is 0 Å². The van der Waals surface area contributed by atoms with Crippen molar-refractivity contribution < 1.29 is 18.3 Å². The predicted molar refractivity (Wildman–Crippen MR) is 93.4 cm³/mol. The van der Waals surface area contributed by atoms with Crippen molar-refractivity contribution in [2.45, 2.75) is 23.9 Å². The lowest BCUT2D eigenvalue weighted by Gasteiger charge is -2.24. The summed E-state index contributed by atoms with van der Waals surface area (Å²) in [6, 6.07) is 10.2. The van der Waals surface area contributed by atoms with Gasteiger partial charge < -0.3 is 15.7 Å². The lowest BCUT2D eigenvalue weighted by molar-refractivity contribution is -0.144. The molecule has 0 heterocycles. The van der Waals surface area contributed by atoms with E-state index in [2.05, 4.69) is 4.72 Å². The van der Waals surface area contributed by atoms with Crippen LogP contribution in [-0.2, 0) is 14.8 Å². The zero-order valence-electron chi connectivity index (χ0n) is 13.8. The van der Waals surface area contributed by atoms with Crippen LogP contribution in [0.15, 0.2) is 41.3 Å². The van der Waals surface area contributed by atoms with Gasteiger partial charge in [-0.25, -0.2) is 13.2 Å². The summed E-state index contributed by atoms with van der Waals surface area (Å²) in [6.45, 7) is 1.50. The van der Waals surface area contributed by atoms with Gasteiger partial charge in [0, 0.05) is 30.6 Å². The minimum absolute atomic E-state index is 0.00627. The van der Waals surface area contributed by atoms with Crippen LogP contribution in [0.5, 0.6) is 0 Å². The highest BCUT2D eigenvalue weighted by Gasteiger charge is 2.37. The summed E-state index contributed by atoms with van der Waals surface area (Å²) in [5.74, 6) is -1.43. The lowest BCUT2D eigenvalue weighted by atomic mass is 10.1. The molecule has 0 amide bonds. The summed E-state index contributed by atoms with van der Waals surface area (Å²) in [7, 11) is -0.395. The Morgan fingerprint density at radius 1 is 1.21 bits per heavy atom. The lowest BCUT2D eigenvalue weighted by Crippen LogP contribution is -2.60. The van der Waals surface area contributed by atoms with E-state index < -0.39 is 21.7 Å². The number of hydrogen-bond donors (Lipinski definition) is 3. The highest BCUT2D eigenvalue weighted by molar-refractivity contribution is 7.89. The molecule has 0 saturated heterocycles. The zero-order chi connectivity index (χ0) is 18.1. The quantitative estimate of drug-likeness (QED) is 0.677. The molecule has 24 heavy (non-hydrogen) atoms. The van der Waals surface area contributed by atoms with E-state index in [1.165, 1.54) is 13.0 Å². The molecule has 0 saturated carbocycles. The van der Waals surface area contributed by atoms with Gasteiger partial charge in [-0.15, -0.1) is 0 Å². The minimum atomic E-state index is -4.12. The van der Waals surface area contributed by atoms with Gasteiger partial charge in [-0.05, 0) is 18.6 Å². The second-order valence-corrected chi connectivity index (χ2v) is 7.41. The van der Waals surface area contributed by atoms with E-state index in [0.717, 1.165) is 11.1 Å². The average molecular weight is 351 g/mol. The van der Waals surface area contributed by atoms with Crippen molar-refractivity contribution >= 4 is 32.5 Å². The van der Waals surface area contributed by atoms with Gasteiger partial charge in [-0.1, -0.05) is 31.2 Å². The molecule has 0 spiro atoms. The van der Waals surface area contributed by atoms with Crippen LogP contribution in [0, 0.1) is 0 Å². The SMILES string of the molecule is CC[C@@](N)(NS(=O)(=O)c1cccc2c(N(C)C)cccc12)C(=O)O. The number of anilines is 1. The summed E-state index contributed by atoms with van der Waals surface area (Å²) in [6.07, 6.45) is -0.0880. The third-order valence-electron chi connectivity index (χ3n) is 3.89. The van der Waals surface area contributed by atoms with Gasteiger partial charge in [0.05, 0.1) is 4.90 Å². The first-order chi connectivity index (χ1) is 11.1. The molecule has 0 bridgehead atoms. The summed E-state index contributed by atoms with van der Waals surface area (Å²) < 4.78 is 27.6. The maximum absolute atomic E-state index is 12.7.